The Morgan fingerprint density at radius 2 is 1.73 bits per heavy atom. The molecule has 0 N–H and O–H groups in total. The number of fused-ring (bicyclic) bond motifs is 1. The number of ether oxygens (including phenoxy) is 1. The predicted octanol–water partition coefficient (Wildman–Crippen LogP) is 6.45. The highest BCUT2D eigenvalue weighted by Crippen LogP contribution is 2.35. The second kappa shape index (κ2) is 11.0. The van der Waals surface area contributed by atoms with Crippen molar-refractivity contribution in [2.45, 2.75) is 33.7 Å². The Bertz CT molecular complexity index is 1510. The third-order valence-electron chi connectivity index (χ3n) is 6.24. The van der Waals surface area contributed by atoms with Crippen molar-refractivity contribution in [2.75, 3.05) is 18.1 Å². The molecule has 0 saturated heterocycles. The fraction of sp³-hybridized carbons (Fsp3) is 0.233. The van der Waals surface area contributed by atoms with Crippen molar-refractivity contribution in [3.8, 4) is 5.75 Å². The van der Waals surface area contributed by atoms with Crippen LogP contribution in [-0.2, 0) is 13.0 Å². The van der Waals surface area contributed by atoms with Crippen molar-refractivity contribution in [3.05, 3.63) is 107 Å². The fourth-order valence-electron chi connectivity index (χ4n) is 4.43. The summed E-state index contributed by atoms with van der Waals surface area (Å²) < 4.78 is 8.72. The highest BCUT2D eigenvalue weighted by molar-refractivity contribution is 7.22. The van der Waals surface area contributed by atoms with E-state index in [0.717, 1.165) is 33.8 Å². The molecule has 5 aromatic rings. The molecule has 0 fully saturated rings. The quantitative estimate of drug-likeness (QED) is 0.229. The Balaban J connectivity index is 1.44. The number of nitrogens with zero attached hydrogens (tertiary/aromatic N) is 4. The molecule has 37 heavy (non-hydrogen) atoms. The van der Waals surface area contributed by atoms with Crippen LogP contribution in [0.1, 0.15) is 39.8 Å². The van der Waals surface area contributed by atoms with Crippen molar-refractivity contribution < 1.29 is 9.53 Å². The lowest BCUT2D eigenvalue weighted by molar-refractivity contribution is 0.0985. The zero-order valence-electron chi connectivity index (χ0n) is 21.3. The molecular weight excluding hydrogens is 480 g/mol. The van der Waals surface area contributed by atoms with E-state index in [4.69, 9.17) is 9.72 Å². The number of hydrogen-bond donors (Lipinski definition) is 0. The molecule has 1 amide bonds. The molecule has 3 aromatic carbocycles. The molecule has 7 heteroatoms. The largest absolute Gasteiger partial charge is 0.492 e. The van der Waals surface area contributed by atoms with Gasteiger partial charge in [-0.05, 0) is 68.7 Å². The van der Waals surface area contributed by atoms with Crippen molar-refractivity contribution in [3.63, 3.8) is 0 Å². The number of thiazole rings is 1. The number of aryl methyl sites for hydroxylation is 2. The van der Waals surface area contributed by atoms with E-state index in [-0.39, 0.29) is 5.91 Å². The molecule has 0 aliphatic heterocycles. The minimum absolute atomic E-state index is 0.0789. The molecule has 0 aliphatic rings. The Hall–Kier alpha value is -3.97. The van der Waals surface area contributed by atoms with Crippen LogP contribution < -0.4 is 9.64 Å². The molecule has 0 unspecified atom stereocenters. The van der Waals surface area contributed by atoms with Crippen LogP contribution >= 0.6 is 11.3 Å². The van der Waals surface area contributed by atoms with Crippen LogP contribution in [0.15, 0.2) is 78.9 Å². The number of para-hydroxylation sites is 1. The normalized spacial score (nSPS) is 11.1. The monoisotopic (exact) mass is 510 g/mol. The Morgan fingerprint density at radius 3 is 2.43 bits per heavy atom. The summed E-state index contributed by atoms with van der Waals surface area (Å²) in [6.45, 7) is 7.55. The standard InChI is InChI=1S/C30H30N4O2S/c1-4-36-26-11-8-12-27-28(26)31-30(37-27)33(17-18-34-22(3)19-21(2)32-34)29(35)25-15-13-24(14-16-25)20-23-9-6-5-7-10-23/h5-16,19H,4,17-18,20H2,1-3H3. The highest BCUT2D eigenvalue weighted by atomic mass is 32.1. The number of rotatable bonds is 9. The van der Waals surface area contributed by atoms with Gasteiger partial charge >= 0.3 is 0 Å². The van der Waals surface area contributed by atoms with Gasteiger partial charge in [0.15, 0.2) is 5.13 Å². The zero-order valence-corrected chi connectivity index (χ0v) is 22.2. The lowest BCUT2D eigenvalue weighted by Gasteiger charge is -2.20. The van der Waals surface area contributed by atoms with Crippen LogP contribution in [0.4, 0.5) is 5.13 Å². The third kappa shape index (κ3) is 5.57. The van der Waals surface area contributed by atoms with E-state index >= 15 is 0 Å². The van der Waals surface area contributed by atoms with Gasteiger partial charge in [-0.2, -0.15) is 5.10 Å². The molecule has 2 aromatic heterocycles. The predicted molar refractivity (Wildman–Crippen MR) is 150 cm³/mol. The van der Waals surface area contributed by atoms with E-state index in [1.54, 1.807) is 4.90 Å². The maximum atomic E-state index is 13.8. The summed E-state index contributed by atoms with van der Waals surface area (Å²) >= 11 is 1.50. The third-order valence-corrected chi connectivity index (χ3v) is 7.28. The van der Waals surface area contributed by atoms with E-state index in [2.05, 4.69) is 17.2 Å². The van der Waals surface area contributed by atoms with E-state index in [0.29, 0.717) is 30.4 Å². The topological polar surface area (TPSA) is 60.2 Å². The summed E-state index contributed by atoms with van der Waals surface area (Å²) in [6.07, 6.45) is 0.828. The Labute approximate surface area is 221 Å². The first-order valence-corrected chi connectivity index (χ1v) is 13.3. The van der Waals surface area contributed by atoms with Crippen molar-refractivity contribution in [1.82, 2.24) is 14.8 Å². The van der Waals surface area contributed by atoms with Gasteiger partial charge in [0, 0.05) is 17.8 Å². The van der Waals surface area contributed by atoms with Gasteiger partial charge in [-0.25, -0.2) is 4.98 Å². The second-order valence-corrected chi connectivity index (χ2v) is 10.0. The second-order valence-electron chi connectivity index (χ2n) is 9.00. The van der Waals surface area contributed by atoms with Crippen molar-refractivity contribution >= 4 is 32.6 Å². The number of benzene rings is 3. The summed E-state index contributed by atoms with van der Waals surface area (Å²) in [5.41, 5.74) is 5.86. The maximum Gasteiger partial charge on any atom is 0.260 e. The van der Waals surface area contributed by atoms with Gasteiger partial charge < -0.3 is 4.74 Å². The van der Waals surface area contributed by atoms with Crippen LogP contribution in [-0.4, -0.2) is 33.8 Å². The van der Waals surface area contributed by atoms with E-state index < -0.39 is 0 Å². The minimum Gasteiger partial charge on any atom is -0.492 e. The number of carbonyl (C=O) groups is 1. The van der Waals surface area contributed by atoms with Crippen molar-refractivity contribution in [2.24, 2.45) is 0 Å². The average Bonchev–Trinajstić information content (AvgIpc) is 3.48. The molecule has 0 radical (unpaired) electrons. The first-order chi connectivity index (χ1) is 18.0. The number of carbonyl (C=O) groups excluding carboxylic acids is 1. The summed E-state index contributed by atoms with van der Waals surface area (Å²) in [7, 11) is 0. The summed E-state index contributed by atoms with van der Waals surface area (Å²) in [5.74, 6) is 0.656. The molecule has 5 rings (SSSR count). The van der Waals surface area contributed by atoms with Gasteiger partial charge in [0.25, 0.3) is 5.91 Å². The van der Waals surface area contributed by atoms with Gasteiger partial charge in [0.05, 0.1) is 23.5 Å². The lowest BCUT2D eigenvalue weighted by Crippen LogP contribution is -2.34. The molecule has 2 heterocycles. The maximum absolute atomic E-state index is 13.8. The van der Waals surface area contributed by atoms with Gasteiger partial charge in [0.2, 0.25) is 0 Å². The van der Waals surface area contributed by atoms with Crippen LogP contribution in [0.3, 0.4) is 0 Å². The van der Waals surface area contributed by atoms with Gasteiger partial charge in [-0.3, -0.25) is 14.4 Å². The van der Waals surface area contributed by atoms with E-state index in [1.807, 2.05) is 92.2 Å². The van der Waals surface area contributed by atoms with Crippen LogP contribution in [0.25, 0.3) is 10.2 Å². The highest BCUT2D eigenvalue weighted by Gasteiger charge is 2.23. The fourth-order valence-corrected chi connectivity index (χ4v) is 5.44. The first kappa shape index (κ1) is 24.7. The Morgan fingerprint density at radius 1 is 0.973 bits per heavy atom. The van der Waals surface area contributed by atoms with Gasteiger partial charge in [0.1, 0.15) is 11.3 Å². The van der Waals surface area contributed by atoms with Crippen LogP contribution in [0.2, 0.25) is 0 Å². The SMILES string of the molecule is CCOc1cccc2sc(N(CCn3nc(C)cc3C)C(=O)c3ccc(Cc4ccccc4)cc3)nc12. The van der Waals surface area contributed by atoms with Crippen molar-refractivity contribution in [1.29, 1.82) is 0 Å². The molecule has 0 spiro atoms. The first-order valence-electron chi connectivity index (χ1n) is 12.5. The minimum atomic E-state index is -0.0789. The molecule has 0 aliphatic carbocycles. The molecule has 6 nitrogen and oxygen atoms in total. The molecule has 0 bridgehead atoms. The van der Waals surface area contributed by atoms with Crippen LogP contribution in [0.5, 0.6) is 5.75 Å². The van der Waals surface area contributed by atoms with Crippen LogP contribution in [0, 0.1) is 13.8 Å². The van der Waals surface area contributed by atoms with Gasteiger partial charge in [-0.15, -0.1) is 0 Å². The number of amides is 1. The zero-order chi connectivity index (χ0) is 25.8. The smallest absolute Gasteiger partial charge is 0.260 e. The molecule has 0 saturated carbocycles. The van der Waals surface area contributed by atoms with E-state index in [1.165, 1.54) is 22.5 Å². The summed E-state index contributed by atoms with van der Waals surface area (Å²) in [4.78, 5) is 20.5. The number of anilines is 1. The average molecular weight is 511 g/mol. The van der Waals surface area contributed by atoms with E-state index in [9.17, 15) is 4.79 Å². The van der Waals surface area contributed by atoms with Gasteiger partial charge in [-0.1, -0.05) is 59.9 Å². The number of hydrogen-bond acceptors (Lipinski definition) is 5. The molecule has 188 valence electrons. The molecule has 0 atom stereocenters. The number of aromatic nitrogens is 3. The lowest BCUT2D eigenvalue weighted by atomic mass is 10.0. The Kier molecular flexibility index (Phi) is 7.32. The summed E-state index contributed by atoms with van der Waals surface area (Å²) in [5, 5.41) is 5.24. The summed E-state index contributed by atoms with van der Waals surface area (Å²) in [6, 6.07) is 26.2. The molecular formula is C30H30N4O2S.